The first-order valence-corrected chi connectivity index (χ1v) is 8.14. The second-order valence-corrected chi connectivity index (χ2v) is 5.64. The van der Waals surface area contributed by atoms with Gasteiger partial charge in [-0.1, -0.05) is 42.5 Å². The third-order valence-corrected chi connectivity index (χ3v) is 4.15. The highest BCUT2D eigenvalue weighted by atomic mass is 16.5. The van der Waals surface area contributed by atoms with Crippen LogP contribution >= 0.6 is 0 Å². The summed E-state index contributed by atoms with van der Waals surface area (Å²) in [6.07, 6.45) is 1.41. The molecule has 2 aromatic heterocycles. The van der Waals surface area contributed by atoms with E-state index in [1.54, 1.807) is 7.11 Å². The molecule has 2 heterocycles. The van der Waals surface area contributed by atoms with Crippen LogP contribution in [0.25, 0.3) is 33.6 Å². The molecular formula is C20H17N3O3. The number of benzene rings is 2. The van der Waals surface area contributed by atoms with Gasteiger partial charge in [-0.25, -0.2) is 9.97 Å². The number of methoxy groups -OCH3 is 1. The van der Waals surface area contributed by atoms with E-state index >= 15 is 0 Å². The lowest BCUT2D eigenvalue weighted by atomic mass is 9.99. The largest absolute Gasteiger partial charge is 0.497 e. The van der Waals surface area contributed by atoms with E-state index in [0.29, 0.717) is 17.3 Å². The minimum atomic E-state index is -0.236. The Morgan fingerprint density at radius 1 is 1.00 bits per heavy atom. The van der Waals surface area contributed by atoms with Crippen LogP contribution in [0.4, 0.5) is 5.82 Å². The standard InChI is InChI=1S/C20H17N3O3/c1-25-15-9-7-13(8-10-15)16-17-19(23-12-24)21-11-22-20(17)26-18(16)14-5-3-2-4-6-14/h2-11,24H,12H2,1H3,(H,21,22,23). The first-order valence-electron chi connectivity index (χ1n) is 8.14. The number of rotatable bonds is 5. The number of aromatic nitrogens is 2. The summed E-state index contributed by atoms with van der Waals surface area (Å²) in [6, 6.07) is 17.6. The molecule has 4 rings (SSSR count). The van der Waals surface area contributed by atoms with E-state index in [0.717, 1.165) is 27.8 Å². The van der Waals surface area contributed by atoms with Gasteiger partial charge in [0.05, 0.1) is 12.5 Å². The summed E-state index contributed by atoms with van der Waals surface area (Å²) in [5, 5.41) is 12.9. The first kappa shape index (κ1) is 16.1. The second-order valence-electron chi connectivity index (χ2n) is 5.64. The molecular weight excluding hydrogens is 330 g/mol. The van der Waals surface area contributed by atoms with E-state index in [1.165, 1.54) is 6.33 Å². The van der Waals surface area contributed by atoms with Crippen molar-refractivity contribution in [3.8, 4) is 28.2 Å². The molecule has 0 saturated heterocycles. The minimum absolute atomic E-state index is 0.236. The number of hydrogen-bond donors (Lipinski definition) is 2. The molecule has 2 aromatic carbocycles. The van der Waals surface area contributed by atoms with Crippen LogP contribution in [0.15, 0.2) is 65.3 Å². The molecule has 130 valence electrons. The topological polar surface area (TPSA) is 80.4 Å². The number of hydrogen-bond acceptors (Lipinski definition) is 6. The lowest BCUT2D eigenvalue weighted by Gasteiger charge is -2.07. The van der Waals surface area contributed by atoms with Crippen LogP contribution in [-0.2, 0) is 0 Å². The van der Waals surface area contributed by atoms with Crippen molar-refractivity contribution in [3.05, 3.63) is 60.9 Å². The predicted molar refractivity (Wildman–Crippen MR) is 99.9 cm³/mol. The fraction of sp³-hybridized carbons (Fsp3) is 0.100. The zero-order valence-corrected chi connectivity index (χ0v) is 14.1. The Hall–Kier alpha value is -3.38. The molecule has 0 aliphatic heterocycles. The highest BCUT2D eigenvalue weighted by Crippen LogP contribution is 2.42. The molecule has 0 amide bonds. The van der Waals surface area contributed by atoms with E-state index < -0.39 is 0 Å². The molecule has 2 N–H and O–H groups in total. The van der Waals surface area contributed by atoms with Gasteiger partial charge in [0, 0.05) is 11.1 Å². The smallest absolute Gasteiger partial charge is 0.232 e. The van der Waals surface area contributed by atoms with Crippen molar-refractivity contribution < 1.29 is 14.3 Å². The Kier molecular flexibility index (Phi) is 4.25. The maximum Gasteiger partial charge on any atom is 0.232 e. The Morgan fingerprint density at radius 3 is 2.46 bits per heavy atom. The van der Waals surface area contributed by atoms with Crippen LogP contribution in [0.1, 0.15) is 0 Å². The minimum Gasteiger partial charge on any atom is -0.497 e. The molecule has 0 fully saturated rings. The van der Waals surface area contributed by atoms with E-state index in [-0.39, 0.29) is 6.73 Å². The van der Waals surface area contributed by atoms with Crippen molar-refractivity contribution in [1.29, 1.82) is 0 Å². The lowest BCUT2D eigenvalue weighted by Crippen LogP contribution is -2.02. The average Bonchev–Trinajstić information content (AvgIpc) is 3.09. The number of fused-ring (bicyclic) bond motifs is 1. The van der Waals surface area contributed by atoms with Gasteiger partial charge in [0.15, 0.2) is 0 Å². The van der Waals surface area contributed by atoms with Crippen molar-refractivity contribution >= 4 is 16.9 Å². The number of aliphatic hydroxyl groups excluding tert-OH is 1. The van der Waals surface area contributed by atoms with Crippen molar-refractivity contribution in [1.82, 2.24) is 9.97 Å². The molecule has 0 radical (unpaired) electrons. The van der Waals surface area contributed by atoms with Crippen molar-refractivity contribution in [2.24, 2.45) is 0 Å². The summed E-state index contributed by atoms with van der Waals surface area (Å²) in [7, 11) is 1.63. The molecule has 0 aliphatic carbocycles. The zero-order chi connectivity index (χ0) is 17.9. The third kappa shape index (κ3) is 2.76. The van der Waals surface area contributed by atoms with Crippen molar-refractivity contribution in [2.45, 2.75) is 0 Å². The molecule has 4 aromatic rings. The summed E-state index contributed by atoms with van der Waals surface area (Å²) in [5.74, 6) is 1.99. The Bertz CT molecular complexity index is 1030. The van der Waals surface area contributed by atoms with Gasteiger partial charge in [-0.05, 0) is 17.7 Å². The summed E-state index contributed by atoms with van der Waals surface area (Å²) in [4.78, 5) is 8.52. The molecule has 6 heteroatoms. The van der Waals surface area contributed by atoms with Crippen LogP contribution in [0.5, 0.6) is 5.75 Å². The number of furan rings is 1. The molecule has 0 aliphatic rings. The van der Waals surface area contributed by atoms with Crippen molar-refractivity contribution in [3.63, 3.8) is 0 Å². The Balaban J connectivity index is 2.02. The number of nitrogens with one attached hydrogen (secondary N) is 1. The van der Waals surface area contributed by atoms with Crippen LogP contribution < -0.4 is 10.1 Å². The lowest BCUT2D eigenvalue weighted by molar-refractivity contribution is 0.325. The number of anilines is 1. The zero-order valence-electron chi connectivity index (χ0n) is 14.1. The highest BCUT2D eigenvalue weighted by Gasteiger charge is 2.21. The van der Waals surface area contributed by atoms with E-state index in [9.17, 15) is 5.11 Å². The van der Waals surface area contributed by atoms with Gasteiger partial charge in [0.2, 0.25) is 5.71 Å². The molecule has 6 nitrogen and oxygen atoms in total. The Morgan fingerprint density at radius 2 is 1.77 bits per heavy atom. The summed E-state index contributed by atoms with van der Waals surface area (Å²) in [6.45, 7) is -0.236. The first-order chi connectivity index (χ1) is 12.8. The van der Waals surface area contributed by atoms with Crippen molar-refractivity contribution in [2.75, 3.05) is 19.2 Å². The average molecular weight is 347 g/mol. The predicted octanol–water partition coefficient (Wildman–Crippen LogP) is 3.93. The van der Waals surface area contributed by atoms with Crippen LogP contribution in [-0.4, -0.2) is 28.9 Å². The Labute approximate surface area is 150 Å². The van der Waals surface area contributed by atoms with Gasteiger partial charge >= 0.3 is 0 Å². The van der Waals surface area contributed by atoms with Gasteiger partial charge in [-0.2, -0.15) is 0 Å². The van der Waals surface area contributed by atoms with Gasteiger partial charge in [-0.15, -0.1) is 0 Å². The summed E-state index contributed by atoms with van der Waals surface area (Å²) in [5.41, 5.74) is 3.21. The van der Waals surface area contributed by atoms with Gasteiger partial charge in [0.1, 0.15) is 30.4 Å². The molecule has 0 atom stereocenters. The fourth-order valence-corrected chi connectivity index (χ4v) is 2.97. The molecule has 0 saturated carbocycles. The summed E-state index contributed by atoms with van der Waals surface area (Å²) >= 11 is 0. The van der Waals surface area contributed by atoms with E-state index in [2.05, 4.69) is 15.3 Å². The number of aliphatic hydroxyl groups is 1. The maximum atomic E-state index is 9.31. The highest BCUT2D eigenvalue weighted by molar-refractivity contribution is 6.05. The quantitative estimate of drug-likeness (QED) is 0.533. The van der Waals surface area contributed by atoms with Gasteiger partial charge in [0.25, 0.3) is 0 Å². The van der Waals surface area contributed by atoms with Crippen LogP contribution in [0.3, 0.4) is 0 Å². The van der Waals surface area contributed by atoms with E-state index in [1.807, 2.05) is 54.6 Å². The molecule has 0 unspecified atom stereocenters. The normalized spacial score (nSPS) is 10.8. The summed E-state index contributed by atoms with van der Waals surface area (Å²) < 4.78 is 11.3. The second kappa shape index (κ2) is 6.85. The third-order valence-electron chi connectivity index (χ3n) is 4.15. The van der Waals surface area contributed by atoms with Crippen LogP contribution in [0, 0.1) is 0 Å². The maximum absolute atomic E-state index is 9.31. The van der Waals surface area contributed by atoms with Crippen LogP contribution in [0.2, 0.25) is 0 Å². The number of nitrogens with zero attached hydrogens (tertiary/aromatic N) is 2. The fourth-order valence-electron chi connectivity index (χ4n) is 2.97. The van der Waals surface area contributed by atoms with Gasteiger partial charge in [-0.3, -0.25) is 0 Å². The van der Waals surface area contributed by atoms with E-state index in [4.69, 9.17) is 9.15 Å². The number of ether oxygens (including phenoxy) is 1. The molecule has 0 spiro atoms. The SMILES string of the molecule is COc1ccc(-c2c(-c3ccccc3)oc3ncnc(NCO)c23)cc1. The molecule has 26 heavy (non-hydrogen) atoms. The molecule has 0 bridgehead atoms. The van der Waals surface area contributed by atoms with Gasteiger partial charge < -0.3 is 19.6 Å². The monoisotopic (exact) mass is 347 g/mol.